The largest absolute Gasteiger partial charge is 0.385 e. The molecule has 252 valence electrons. The van der Waals surface area contributed by atoms with Gasteiger partial charge >= 0.3 is 0 Å². The summed E-state index contributed by atoms with van der Waals surface area (Å²) in [5.74, 6) is 0. The van der Waals surface area contributed by atoms with E-state index in [1.807, 2.05) is 0 Å². The van der Waals surface area contributed by atoms with Crippen molar-refractivity contribution >= 4 is 5.69 Å². The zero-order valence-corrected chi connectivity index (χ0v) is 29.9. The van der Waals surface area contributed by atoms with Gasteiger partial charge in [-0.15, -0.1) is 0 Å². The van der Waals surface area contributed by atoms with Crippen LogP contribution in [0.4, 0.5) is 5.69 Å². The van der Waals surface area contributed by atoms with Crippen LogP contribution in [0, 0.1) is 0 Å². The minimum Gasteiger partial charge on any atom is -0.385 e. The fourth-order valence-corrected chi connectivity index (χ4v) is 6.57. The van der Waals surface area contributed by atoms with Gasteiger partial charge in [0.25, 0.3) is 0 Å². The zero-order chi connectivity index (χ0) is 30.7. The number of hydrogen-bond acceptors (Lipinski definition) is 1. The molecule has 0 fully saturated rings. The predicted molar refractivity (Wildman–Crippen MR) is 198 cm³/mol. The molecule has 0 aliphatic heterocycles. The molecule has 0 radical (unpaired) electrons. The second kappa shape index (κ2) is 33.9. The molecule has 0 unspecified atom stereocenters. The smallest absolute Gasteiger partial charge is 0.0340 e. The maximum absolute atomic E-state index is 3.65. The second-order valence-electron chi connectivity index (χ2n) is 14.0. The summed E-state index contributed by atoms with van der Waals surface area (Å²) in [6.45, 7) is 5.73. The first-order chi connectivity index (χ1) is 21.4. The number of benzene rings is 1. The van der Waals surface area contributed by atoms with Gasteiger partial charge in [-0.3, -0.25) is 0 Å². The average Bonchev–Trinajstić information content (AvgIpc) is 3.03. The monoisotopic (exact) mass is 598 g/mol. The normalized spacial score (nSPS) is 11.4. The van der Waals surface area contributed by atoms with Crippen molar-refractivity contribution in [3.63, 3.8) is 0 Å². The van der Waals surface area contributed by atoms with Crippen LogP contribution in [0.2, 0.25) is 0 Å². The molecular formula is C42H79N. The highest BCUT2D eigenvalue weighted by atomic mass is 14.9. The van der Waals surface area contributed by atoms with Gasteiger partial charge in [-0.05, 0) is 37.0 Å². The number of aryl methyl sites for hydroxylation is 1. The fraction of sp³-hybridized carbons (Fsp3) is 0.857. The number of nitrogens with one attached hydrogen (secondary N) is 1. The van der Waals surface area contributed by atoms with Crippen LogP contribution in [-0.4, -0.2) is 6.54 Å². The van der Waals surface area contributed by atoms with E-state index in [2.05, 4.69) is 43.4 Å². The van der Waals surface area contributed by atoms with Crippen LogP contribution in [0.15, 0.2) is 24.3 Å². The van der Waals surface area contributed by atoms with Crippen LogP contribution in [0.25, 0.3) is 0 Å². The Hall–Kier alpha value is -0.980. The molecule has 0 atom stereocenters. The Bertz CT molecular complexity index is 635. The van der Waals surface area contributed by atoms with Gasteiger partial charge in [-0.1, -0.05) is 219 Å². The molecule has 0 bridgehead atoms. The van der Waals surface area contributed by atoms with E-state index in [1.165, 1.54) is 223 Å². The van der Waals surface area contributed by atoms with Crippen LogP contribution >= 0.6 is 0 Å². The number of anilines is 1. The van der Waals surface area contributed by atoms with Crippen LogP contribution in [0.3, 0.4) is 0 Å². The quantitative estimate of drug-likeness (QED) is 0.0767. The summed E-state index contributed by atoms with van der Waals surface area (Å²) in [7, 11) is 0. The highest BCUT2D eigenvalue weighted by Gasteiger charge is 1.99. The van der Waals surface area contributed by atoms with Gasteiger partial charge in [0.1, 0.15) is 0 Å². The number of rotatable bonds is 35. The summed E-state index contributed by atoms with van der Waals surface area (Å²) in [5, 5.41) is 3.65. The van der Waals surface area contributed by atoms with E-state index in [9.17, 15) is 0 Å². The number of hydrogen-bond donors (Lipinski definition) is 1. The molecule has 1 aromatic rings. The molecule has 43 heavy (non-hydrogen) atoms. The third-order valence-electron chi connectivity index (χ3n) is 9.63. The van der Waals surface area contributed by atoms with Gasteiger partial charge in [0.15, 0.2) is 0 Å². The molecule has 0 saturated heterocycles. The molecule has 1 N–H and O–H groups in total. The maximum atomic E-state index is 3.65. The summed E-state index contributed by atoms with van der Waals surface area (Å²) in [6.07, 6.45) is 47.3. The molecule has 0 aliphatic rings. The molecule has 1 nitrogen and oxygen atoms in total. The van der Waals surface area contributed by atoms with E-state index in [0.717, 1.165) is 6.54 Å². The molecule has 0 spiro atoms. The predicted octanol–water partition coefficient (Wildman–Crippen LogP) is 15.2. The Kier molecular flexibility index (Phi) is 31.6. The summed E-state index contributed by atoms with van der Waals surface area (Å²) in [4.78, 5) is 0. The standard InChI is InChI=1S/C42H79N/c1-3-5-7-9-11-13-15-17-19-21-23-25-27-29-31-33-35-41-36-38-42(39-37-41)43-40-34-32-30-28-26-24-22-20-18-16-14-12-10-8-6-4-2/h36-39,43H,3-35,40H2,1-2H3. The Morgan fingerprint density at radius 1 is 0.326 bits per heavy atom. The molecule has 1 aromatic carbocycles. The van der Waals surface area contributed by atoms with Crippen LogP contribution < -0.4 is 5.32 Å². The summed E-state index contributed by atoms with van der Waals surface area (Å²) < 4.78 is 0. The van der Waals surface area contributed by atoms with Gasteiger partial charge in [-0.2, -0.15) is 0 Å². The topological polar surface area (TPSA) is 12.0 Å². The van der Waals surface area contributed by atoms with Gasteiger partial charge in [0.05, 0.1) is 0 Å². The van der Waals surface area contributed by atoms with E-state index < -0.39 is 0 Å². The first-order valence-corrected chi connectivity index (χ1v) is 20.2. The first-order valence-electron chi connectivity index (χ1n) is 20.2. The van der Waals surface area contributed by atoms with Crippen molar-refractivity contribution in [1.29, 1.82) is 0 Å². The van der Waals surface area contributed by atoms with E-state index >= 15 is 0 Å². The highest BCUT2D eigenvalue weighted by Crippen LogP contribution is 2.17. The Balaban J connectivity index is 1.80. The molecule has 0 aliphatic carbocycles. The molecule has 0 aromatic heterocycles. The minimum absolute atomic E-state index is 1.12. The van der Waals surface area contributed by atoms with E-state index in [0.29, 0.717) is 0 Å². The van der Waals surface area contributed by atoms with Crippen LogP contribution in [0.5, 0.6) is 0 Å². The van der Waals surface area contributed by atoms with Crippen molar-refractivity contribution in [2.24, 2.45) is 0 Å². The summed E-state index contributed by atoms with van der Waals surface area (Å²) in [6, 6.07) is 9.30. The van der Waals surface area contributed by atoms with Crippen molar-refractivity contribution in [1.82, 2.24) is 0 Å². The SMILES string of the molecule is CCCCCCCCCCCCCCCCCCNc1ccc(CCCCCCCCCCCCCCCCCC)cc1. The third kappa shape index (κ3) is 29.5. The van der Waals surface area contributed by atoms with Gasteiger partial charge in [-0.25, -0.2) is 0 Å². The lowest BCUT2D eigenvalue weighted by molar-refractivity contribution is 0.529. The first kappa shape index (κ1) is 40.0. The lowest BCUT2D eigenvalue weighted by Gasteiger charge is -2.08. The van der Waals surface area contributed by atoms with Crippen molar-refractivity contribution < 1.29 is 0 Å². The highest BCUT2D eigenvalue weighted by molar-refractivity contribution is 5.44. The van der Waals surface area contributed by atoms with Crippen molar-refractivity contribution in [2.75, 3.05) is 11.9 Å². The lowest BCUT2D eigenvalue weighted by atomic mass is 10.0. The maximum Gasteiger partial charge on any atom is 0.0340 e. The second-order valence-corrected chi connectivity index (χ2v) is 14.0. The van der Waals surface area contributed by atoms with Crippen LogP contribution in [-0.2, 0) is 6.42 Å². The van der Waals surface area contributed by atoms with Gasteiger partial charge in [0.2, 0.25) is 0 Å². The summed E-state index contributed by atoms with van der Waals surface area (Å²) >= 11 is 0. The zero-order valence-electron chi connectivity index (χ0n) is 29.9. The fourth-order valence-electron chi connectivity index (χ4n) is 6.57. The molecular weight excluding hydrogens is 518 g/mol. The molecule has 0 saturated carbocycles. The van der Waals surface area contributed by atoms with Gasteiger partial charge < -0.3 is 5.32 Å². The van der Waals surface area contributed by atoms with Crippen LogP contribution in [0.1, 0.15) is 225 Å². The third-order valence-corrected chi connectivity index (χ3v) is 9.63. The average molecular weight is 598 g/mol. The Morgan fingerprint density at radius 2 is 0.605 bits per heavy atom. The van der Waals surface area contributed by atoms with Crippen molar-refractivity contribution in [2.45, 2.75) is 226 Å². The van der Waals surface area contributed by atoms with E-state index in [1.54, 1.807) is 0 Å². The van der Waals surface area contributed by atoms with E-state index in [-0.39, 0.29) is 0 Å². The molecule has 1 heteroatoms. The van der Waals surface area contributed by atoms with Crippen molar-refractivity contribution in [3.8, 4) is 0 Å². The van der Waals surface area contributed by atoms with E-state index in [4.69, 9.17) is 0 Å². The lowest BCUT2D eigenvalue weighted by Crippen LogP contribution is -2.01. The summed E-state index contributed by atoms with van der Waals surface area (Å²) in [5.41, 5.74) is 2.81. The molecule has 0 heterocycles. The Labute approximate surface area is 272 Å². The molecule has 0 amide bonds. The Morgan fingerprint density at radius 3 is 0.930 bits per heavy atom. The minimum atomic E-state index is 1.12. The van der Waals surface area contributed by atoms with Gasteiger partial charge in [0, 0.05) is 12.2 Å². The number of unbranched alkanes of at least 4 members (excludes halogenated alkanes) is 30. The van der Waals surface area contributed by atoms with Crippen molar-refractivity contribution in [3.05, 3.63) is 29.8 Å². The molecule has 1 rings (SSSR count).